The molecule has 1 fully saturated rings. The fourth-order valence-electron chi connectivity index (χ4n) is 2.37. The van der Waals surface area contributed by atoms with Crippen LogP contribution in [0.25, 0.3) is 0 Å². The molecule has 3 unspecified atom stereocenters. The first-order valence-corrected chi connectivity index (χ1v) is 6.07. The molecular formula is C12H25N3O. The molecule has 1 aliphatic heterocycles. The van der Waals surface area contributed by atoms with E-state index in [0.29, 0.717) is 5.92 Å². The Bertz CT molecular complexity index is 253. The smallest absolute Gasteiger partial charge is 0.241 e. The van der Waals surface area contributed by atoms with Crippen LogP contribution in [0.5, 0.6) is 0 Å². The molecule has 4 nitrogen and oxygen atoms in total. The van der Waals surface area contributed by atoms with Crippen LogP contribution in [-0.2, 0) is 4.79 Å². The van der Waals surface area contributed by atoms with E-state index < -0.39 is 0 Å². The number of rotatable bonds is 4. The average molecular weight is 227 g/mol. The lowest BCUT2D eigenvalue weighted by Crippen LogP contribution is -2.50. The van der Waals surface area contributed by atoms with E-state index in [1.165, 1.54) is 0 Å². The van der Waals surface area contributed by atoms with Gasteiger partial charge < -0.3 is 9.80 Å². The quantitative estimate of drug-likeness (QED) is 0.769. The van der Waals surface area contributed by atoms with E-state index in [1.807, 2.05) is 11.8 Å². The van der Waals surface area contributed by atoms with Gasteiger partial charge in [-0.1, -0.05) is 13.8 Å². The molecule has 1 amide bonds. The van der Waals surface area contributed by atoms with Crippen LogP contribution >= 0.6 is 0 Å². The van der Waals surface area contributed by atoms with Gasteiger partial charge in [0.15, 0.2) is 0 Å². The maximum absolute atomic E-state index is 12.1. The normalized spacial score (nSPS) is 28.2. The van der Waals surface area contributed by atoms with Crippen LogP contribution in [-0.4, -0.2) is 54.6 Å². The van der Waals surface area contributed by atoms with Crippen molar-refractivity contribution in [2.24, 2.45) is 5.92 Å². The van der Waals surface area contributed by atoms with E-state index in [2.05, 4.69) is 45.1 Å². The first-order valence-electron chi connectivity index (χ1n) is 6.07. The van der Waals surface area contributed by atoms with Crippen molar-refractivity contribution < 1.29 is 4.79 Å². The fourth-order valence-corrected chi connectivity index (χ4v) is 2.37. The van der Waals surface area contributed by atoms with Crippen molar-refractivity contribution in [2.75, 3.05) is 20.6 Å². The molecule has 1 heterocycles. The molecule has 1 N–H and O–H groups in total. The number of hydrogen-bond donors (Lipinski definition) is 1. The molecule has 16 heavy (non-hydrogen) atoms. The molecule has 1 aliphatic rings. The van der Waals surface area contributed by atoms with E-state index in [-0.39, 0.29) is 24.2 Å². The number of likely N-dealkylation sites (N-methyl/N-ethyl adjacent to an activating group) is 1. The molecular weight excluding hydrogens is 202 g/mol. The summed E-state index contributed by atoms with van der Waals surface area (Å²) in [5.74, 6) is 0.703. The Morgan fingerprint density at radius 1 is 1.38 bits per heavy atom. The Morgan fingerprint density at radius 2 is 1.94 bits per heavy atom. The number of carbonyl (C=O) groups excluding carboxylic acids is 1. The van der Waals surface area contributed by atoms with Gasteiger partial charge in [-0.05, 0) is 33.9 Å². The van der Waals surface area contributed by atoms with E-state index in [4.69, 9.17) is 0 Å². The lowest BCUT2D eigenvalue weighted by molar-refractivity contribution is -0.133. The summed E-state index contributed by atoms with van der Waals surface area (Å²) in [5, 5.41) is 3.28. The number of carbonyl (C=O) groups is 1. The maximum Gasteiger partial charge on any atom is 0.241 e. The SMILES string of the molecule is CC1NC(C)N(C(CN(C)C)C(C)C)C1=O. The predicted octanol–water partition coefficient (Wildman–Crippen LogP) is 0.739. The van der Waals surface area contributed by atoms with Gasteiger partial charge in [0.05, 0.1) is 12.2 Å². The van der Waals surface area contributed by atoms with Crippen LogP contribution in [0.15, 0.2) is 0 Å². The molecule has 3 atom stereocenters. The minimum absolute atomic E-state index is 0.0431. The third kappa shape index (κ3) is 2.74. The standard InChI is InChI=1S/C12H25N3O/c1-8(2)11(7-14(5)6)15-10(4)13-9(3)12(15)16/h8-11,13H,7H2,1-6H3. The zero-order valence-corrected chi connectivity index (χ0v) is 11.3. The van der Waals surface area contributed by atoms with E-state index >= 15 is 0 Å². The van der Waals surface area contributed by atoms with Gasteiger partial charge in [0.25, 0.3) is 0 Å². The lowest BCUT2D eigenvalue weighted by Gasteiger charge is -2.35. The fraction of sp³-hybridized carbons (Fsp3) is 0.917. The van der Waals surface area contributed by atoms with Gasteiger partial charge in [-0.25, -0.2) is 0 Å². The van der Waals surface area contributed by atoms with Crippen molar-refractivity contribution in [3.8, 4) is 0 Å². The minimum Gasteiger partial charge on any atom is -0.322 e. The van der Waals surface area contributed by atoms with Crippen LogP contribution in [0.2, 0.25) is 0 Å². The molecule has 1 rings (SSSR count). The Kier molecular flexibility index (Phi) is 4.33. The Hall–Kier alpha value is -0.610. The second kappa shape index (κ2) is 5.15. The molecule has 0 aromatic carbocycles. The monoisotopic (exact) mass is 227 g/mol. The van der Waals surface area contributed by atoms with Crippen LogP contribution in [0.1, 0.15) is 27.7 Å². The second-order valence-electron chi connectivity index (χ2n) is 5.38. The lowest BCUT2D eigenvalue weighted by atomic mass is 10.0. The molecule has 0 saturated carbocycles. The molecule has 94 valence electrons. The van der Waals surface area contributed by atoms with Gasteiger partial charge in [-0.3, -0.25) is 10.1 Å². The number of amides is 1. The first-order chi connectivity index (χ1) is 7.34. The van der Waals surface area contributed by atoms with Crippen molar-refractivity contribution in [2.45, 2.75) is 45.9 Å². The van der Waals surface area contributed by atoms with Crippen molar-refractivity contribution in [1.29, 1.82) is 0 Å². The van der Waals surface area contributed by atoms with Gasteiger partial charge in [0.1, 0.15) is 0 Å². The number of nitrogens with zero attached hydrogens (tertiary/aromatic N) is 2. The van der Waals surface area contributed by atoms with Gasteiger partial charge >= 0.3 is 0 Å². The van der Waals surface area contributed by atoms with Crippen molar-refractivity contribution >= 4 is 5.91 Å². The summed E-state index contributed by atoms with van der Waals surface area (Å²) in [6.45, 7) is 9.27. The molecule has 1 saturated heterocycles. The highest BCUT2D eigenvalue weighted by Gasteiger charge is 2.39. The highest BCUT2D eigenvalue weighted by atomic mass is 16.2. The van der Waals surface area contributed by atoms with Gasteiger partial charge in [0.2, 0.25) is 5.91 Å². The topological polar surface area (TPSA) is 35.6 Å². The van der Waals surface area contributed by atoms with Gasteiger partial charge in [-0.15, -0.1) is 0 Å². The summed E-state index contributed by atoms with van der Waals surface area (Å²) in [4.78, 5) is 16.2. The first kappa shape index (κ1) is 13.5. The second-order valence-corrected chi connectivity index (χ2v) is 5.38. The molecule has 4 heteroatoms. The van der Waals surface area contributed by atoms with E-state index in [0.717, 1.165) is 6.54 Å². The molecule has 0 aromatic heterocycles. The minimum atomic E-state index is -0.0431. The van der Waals surface area contributed by atoms with Crippen LogP contribution in [0, 0.1) is 5.92 Å². The van der Waals surface area contributed by atoms with Crippen molar-refractivity contribution in [3.63, 3.8) is 0 Å². The summed E-state index contributed by atoms with van der Waals surface area (Å²) < 4.78 is 0. The Labute approximate surface area is 99.0 Å². The zero-order chi connectivity index (χ0) is 12.5. The van der Waals surface area contributed by atoms with Gasteiger partial charge in [-0.2, -0.15) is 0 Å². The van der Waals surface area contributed by atoms with Crippen molar-refractivity contribution in [3.05, 3.63) is 0 Å². The highest BCUT2D eigenvalue weighted by molar-refractivity contribution is 5.84. The van der Waals surface area contributed by atoms with E-state index in [9.17, 15) is 4.79 Å². The third-order valence-electron chi connectivity index (χ3n) is 3.21. The van der Waals surface area contributed by atoms with Crippen LogP contribution < -0.4 is 5.32 Å². The third-order valence-corrected chi connectivity index (χ3v) is 3.21. The molecule has 0 radical (unpaired) electrons. The van der Waals surface area contributed by atoms with E-state index in [1.54, 1.807) is 0 Å². The Balaban J connectivity index is 2.81. The summed E-state index contributed by atoms with van der Waals surface area (Å²) in [7, 11) is 4.11. The zero-order valence-electron chi connectivity index (χ0n) is 11.3. The Morgan fingerprint density at radius 3 is 2.25 bits per heavy atom. The molecule has 0 aliphatic carbocycles. The highest BCUT2D eigenvalue weighted by Crippen LogP contribution is 2.20. The molecule has 0 bridgehead atoms. The van der Waals surface area contributed by atoms with Crippen LogP contribution in [0.4, 0.5) is 0 Å². The summed E-state index contributed by atoms with van der Waals surface area (Å²) in [6.07, 6.45) is 0.148. The van der Waals surface area contributed by atoms with Crippen molar-refractivity contribution in [1.82, 2.24) is 15.1 Å². The number of hydrogen-bond acceptors (Lipinski definition) is 3. The predicted molar refractivity (Wildman–Crippen MR) is 66.1 cm³/mol. The largest absolute Gasteiger partial charge is 0.322 e. The van der Waals surface area contributed by atoms with Gasteiger partial charge in [0, 0.05) is 12.6 Å². The van der Waals surface area contributed by atoms with Crippen LogP contribution in [0.3, 0.4) is 0 Å². The summed E-state index contributed by atoms with van der Waals surface area (Å²) >= 11 is 0. The molecule has 0 aromatic rings. The summed E-state index contributed by atoms with van der Waals surface area (Å²) in [5.41, 5.74) is 0. The average Bonchev–Trinajstić information content (AvgIpc) is 2.38. The maximum atomic E-state index is 12.1. The number of nitrogens with one attached hydrogen (secondary N) is 1. The summed E-state index contributed by atoms with van der Waals surface area (Å²) in [6, 6.07) is 0.244. The molecule has 0 spiro atoms.